The quantitative estimate of drug-likeness (QED) is 0.198. The maximum Gasteiger partial charge on any atom is 0.405 e. The van der Waals surface area contributed by atoms with E-state index in [2.05, 4.69) is 18.6 Å². The normalized spacial score (nSPS) is 40.7. The van der Waals surface area contributed by atoms with E-state index >= 15 is 0 Å². The van der Waals surface area contributed by atoms with Crippen molar-refractivity contribution in [3.8, 4) is 0 Å². The van der Waals surface area contributed by atoms with Gasteiger partial charge in [-0.15, -0.1) is 0 Å². The standard InChI is InChI=1S/C29H38F2O12S/c1-12(2)28(16-5-14-4-15(7-16)8-17(28)6-14)43-27(35)23-19-9-18-22(23)26(34)42-25(18)24(19)41-21(33)11-39-10-20(32)40-13(3)29(30,31)44(36,37)38/h12-19,22-25H,4-11H2,1-3H3,(H,36,37,38). The molecule has 7 unspecified atom stereocenters. The van der Waals surface area contributed by atoms with E-state index in [0.717, 1.165) is 25.7 Å². The highest BCUT2D eigenvalue weighted by molar-refractivity contribution is 7.86. The Morgan fingerprint density at radius 3 is 2.14 bits per heavy atom. The summed E-state index contributed by atoms with van der Waals surface area (Å²) in [5.41, 5.74) is -0.592. The number of hydrogen-bond donors (Lipinski definition) is 1. The summed E-state index contributed by atoms with van der Waals surface area (Å²) >= 11 is 0. The summed E-state index contributed by atoms with van der Waals surface area (Å²) in [6.45, 7) is 2.97. The Balaban J connectivity index is 1.07. The van der Waals surface area contributed by atoms with E-state index in [-0.39, 0.29) is 23.7 Å². The van der Waals surface area contributed by atoms with Crippen molar-refractivity contribution >= 4 is 34.0 Å². The monoisotopic (exact) mass is 648 g/mol. The van der Waals surface area contributed by atoms with E-state index in [1.807, 2.05) is 0 Å². The molecule has 1 heterocycles. The molecule has 7 aliphatic rings. The van der Waals surface area contributed by atoms with E-state index in [1.54, 1.807) is 0 Å². The summed E-state index contributed by atoms with van der Waals surface area (Å²) in [6.07, 6.45) is 1.68. The number of alkyl halides is 2. The first-order chi connectivity index (χ1) is 20.5. The average molecular weight is 649 g/mol. The zero-order valence-corrected chi connectivity index (χ0v) is 25.5. The van der Waals surface area contributed by atoms with Crippen LogP contribution < -0.4 is 0 Å². The first-order valence-electron chi connectivity index (χ1n) is 15.3. The van der Waals surface area contributed by atoms with Gasteiger partial charge in [0.2, 0.25) is 0 Å². The summed E-state index contributed by atoms with van der Waals surface area (Å²) in [5, 5.41) is -4.75. The van der Waals surface area contributed by atoms with Gasteiger partial charge in [-0.05, 0) is 75.0 Å². The molecule has 7 rings (SSSR count). The lowest BCUT2D eigenvalue weighted by atomic mass is 9.47. The number of hydrogen-bond acceptors (Lipinski definition) is 11. The molecule has 0 aromatic carbocycles. The molecule has 6 aliphatic carbocycles. The molecule has 0 radical (unpaired) electrons. The summed E-state index contributed by atoms with van der Waals surface area (Å²) in [5.74, 6) is -3.61. The largest absolute Gasteiger partial charge is 0.458 e. The van der Waals surface area contributed by atoms with Crippen LogP contribution in [0.2, 0.25) is 0 Å². The van der Waals surface area contributed by atoms with Crippen molar-refractivity contribution in [2.45, 2.75) is 88.5 Å². The molecule has 7 atom stereocenters. The highest BCUT2D eigenvalue weighted by atomic mass is 32.2. The van der Waals surface area contributed by atoms with Crippen LogP contribution in [0.15, 0.2) is 0 Å². The summed E-state index contributed by atoms with van der Waals surface area (Å²) in [7, 11) is -5.83. The van der Waals surface area contributed by atoms with Gasteiger partial charge >= 0.3 is 39.2 Å². The maximum absolute atomic E-state index is 14.0. The summed E-state index contributed by atoms with van der Waals surface area (Å²) < 4.78 is 84.3. The fourth-order valence-corrected chi connectivity index (χ4v) is 10.2. The van der Waals surface area contributed by atoms with E-state index in [4.69, 9.17) is 23.5 Å². The van der Waals surface area contributed by atoms with Gasteiger partial charge in [-0.2, -0.15) is 17.2 Å². The number of rotatable bonds is 11. The zero-order chi connectivity index (χ0) is 31.9. The topological polar surface area (TPSA) is 169 Å². The van der Waals surface area contributed by atoms with E-state index in [0.29, 0.717) is 25.2 Å². The molecule has 1 N–H and O–H groups in total. The second-order valence-corrected chi connectivity index (χ2v) is 15.4. The van der Waals surface area contributed by atoms with Crippen LogP contribution in [0, 0.1) is 53.3 Å². The van der Waals surface area contributed by atoms with Gasteiger partial charge < -0.3 is 23.7 Å². The SMILES string of the molecule is CC(C)C1(OC(=O)C2C3CC4C(OC(=O)C42)C3OC(=O)COCC(=O)OC(C)C(F)(F)S(=O)(=O)O)C2CC3CC(C2)CC1C3. The molecule has 0 amide bonds. The van der Waals surface area contributed by atoms with Crippen molar-refractivity contribution in [1.29, 1.82) is 0 Å². The Labute approximate surface area is 253 Å². The minimum Gasteiger partial charge on any atom is -0.458 e. The third-order valence-electron chi connectivity index (χ3n) is 11.2. The van der Waals surface area contributed by atoms with E-state index in [9.17, 15) is 36.4 Å². The third-order valence-corrected chi connectivity index (χ3v) is 12.3. The van der Waals surface area contributed by atoms with Crippen LogP contribution in [0.1, 0.15) is 59.3 Å². The Morgan fingerprint density at radius 2 is 1.57 bits per heavy atom. The highest BCUT2D eigenvalue weighted by Gasteiger charge is 2.71. The van der Waals surface area contributed by atoms with Crippen LogP contribution in [0.4, 0.5) is 8.78 Å². The number of ether oxygens (including phenoxy) is 5. The molecule has 12 nitrogen and oxygen atoms in total. The predicted molar refractivity (Wildman–Crippen MR) is 142 cm³/mol. The van der Waals surface area contributed by atoms with Gasteiger partial charge in [-0.3, -0.25) is 14.1 Å². The van der Waals surface area contributed by atoms with Crippen molar-refractivity contribution in [2.75, 3.05) is 13.2 Å². The van der Waals surface area contributed by atoms with Crippen molar-refractivity contribution in [1.82, 2.24) is 0 Å². The fraction of sp³-hybridized carbons (Fsp3) is 0.862. The number of carbonyl (C=O) groups is 4. The van der Waals surface area contributed by atoms with Gasteiger partial charge in [0.25, 0.3) is 0 Å². The molecule has 6 saturated carbocycles. The number of carbonyl (C=O) groups excluding carboxylic acids is 4. The van der Waals surface area contributed by atoms with Crippen LogP contribution in [-0.2, 0) is 53.0 Å². The molecule has 246 valence electrons. The number of fused-ring (bicyclic) bond motifs is 1. The molecular formula is C29H38F2O12S. The molecule has 6 bridgehead atoms. The van der Waals surface area contributed by atoms with Crippen molar-refractivity contribution in [2.24, 2.45) is 53.3 Å². The van der Waals surface area contributed by atoms with Crippen LogP contribution in [0.25, 0.3) is 0 Å². The van der Waals surface area contributed by atoms with E-state index < -0.39 is 94.1 Å². The van der Waals surface area contributed by atoms with Crippen molar-refractivity contribution in [3.63, 3.8) is 0 Å². The average Bonchev–Trinajstić information content (AvgIpc) is 3.53. The maximum atomic E-state index is 14.0. The predicted octanol–water partition coefficient (Wildman–Crippen LogP) is 2.53. The third kappa shape index (κ3) is 4.91. The molecular weight excluding hydrogens is 610 g/mol. The van der Waals surface area contributed by atoms with Crippen LogP contribution in [0.5, 0.6) is 0 Å². The molecule has 0 aromatic rings. The molecule has 44 heavy (non-hydrogen) atoms. The molecule has 0 aromatic heterocycles. The van der Waals surface area contributed by atoms with Crippen molar-refractivity contribution < 1.29 is 64.6 Å². The Bertz CT molecular complexity index is 1300. The lowest BCUT2D eigenvalue weighted by Crippen LogP contribution is -2.63. The molecule has 7 fully saturated rings. The highest BCUT2D eigenvalue weighted by Crippen LogP contribution is 2.63. The summed E-state index contributed by atoms with van der Waals surface area (Å²) in [6, 6.07) is 0. The molecule has 15 heteroatoms. The van der Waals surface area contributed by atoms with E-state index in [1.165, 1.54) is 6.42 Å². The fourth-order valence-electron chi connectivity index (χ4n) is 9.77. The Kier molecular flexibility index (Phi) is 7.79. The Hall–Kier alpha value is -2.39. The lowest BCUT2D eigenvalue weighted by molar-refractivity contribution is -0.231. The van der Waals surface area contributed by atoms with Crippen molar-refractivity contribution in [3.05, 3.63) is 0 Å². The van der Waals surface area contributed by atoms with Crippen LogP contribution in [-0.4, -0.2) is 79.2 Å². The minimum atomic E-state index is -5.83. The number of esters is 4. The van der Waals surface area contributed by atoms with Gasteiger partial charge in [0, 0.05) is 11.8 Å². The zero-order valence-electron chi connectivity index (χ0n) is 24.7. The number of halogens is 2. The van der Waals surface area contributed by atoms with Gasteiger partial charge in [-0.25, -0.2) is 9.59 Å². The van der Waals surface area contributed by atoms with Gasteiger partial charge in [0.1, 0.15) is 31.0 Å². The summed E-state index contributed by atoms with van der Waals surface area (Å²) in [4.78, 5) is 51.4. The first-order valence-corrected chi connectivity index (χ1v) is 16.7. The van der Waals surface area contributed by atoms with Gasteiger partial charge in [0.05, 0.1) is 11.8 Å². The molecule has 0 spiro atoms. The van der Waals surface area contributed by atoms with Crippen LogP contribution >= 0.6 is 0 Å². The second kappa shape index (κ2) is 10.9. The second-order valence-electron chi connectivity index (χ2n) is 13.9. The molecule has 1 aliphatic heterocycles. The smallest absolute Gasteiger partial charge is 0.405 e. The van der Waals surface area contributed by atoms with Gasteiger partial charge in [-0.1, -0.05) is 13.8 Å². The lowest BCUT2D eigenvalue weighted by Gasteiger charge is -2.62. The molecule has 1 saturated heterocycles. The minimum absolute atomic E-state index is 0.100. The first kappa shape index (κ1) is 31.6. The van der Waals surface area contributed by atoms with Crippen LogP contribution in [0.3, 0.4) is 0 Å². The van der Waals surface area contributed by atoms with Gasteiger partial charge in [0.15, 0.2) is 6.10 Å². The Morgan fingerprint density at radius 1 is 0.977 bits per heavy atom.